The molecule has 0 spiro atoms. The molecule has 0 bridgehead atoms. The highest BCUT2D eigenvalue weighted by molar-refractivity contribution is 9.10. The van der Waals surface area contributed by atoms with Crippen LogP contribution in [0.5, 0.6) is 0 Å². The molecule has 0 radical (unpaired) electrons. The number of hydrogen-bond donors (Lipinski definition) is 2. The lowest BCUT2D eigenvalue weighted by Crippen LogP contribution is -2.60. The number of hydrogen-bond acceptors (Lipinski definition) is 4. The van der Waals surface area contributed by atoms with E-state index in [0.717, 1.165) is 10.2 Å². The van der Waals surface area contributed by atoms with Crippen LogP contribution in [0.1, 0.15) is 31.1 Å². The van der Waals surface area contributed by atoms with Crippen LogP contribution >= 0.6 is 15.9 Å². The fraction of sp³-hybridized carbons (Fsp3) is 0.467. The summed E-state index contributed by atoms with van der Waals surface area (Å²) in [6.45, 7) is 6.67. The van der Waals surface area contributed by atoms with E-state index in [9.17, 15) is 9.59 Å². The SMILES string of the molecule is CC(C)(C)OC(=O)NC1CN(c2cc(Br)ccc2C(N)=O)C1. The lowest BCUT2D eigenvalue weighted by Gasteiger charge is -2.42. The predicted octanol–water partition coefficient (Wildman–Crippen LogP) is 2.26. The Labute approximate surface area is 138 Å². The van der Waals surface area contributed by atoms with Crippen LogP contribution in [0, 0.1) is 0 Å². The standard InChI is InChI=1S/C15H20BrN3O3/c1-15(2,3)22-14(21)18-10-7-19(8-10)12-6-9(16)4-5-11(12)13(17)20/h4-6,10H,7-8H2,1-3H3,(H2,17,20)(H,18,21). The molecular weight excluding hydrogens is 350 g/mol. The summed E-state index contributed by atoms with van der Waals surface area (Å²) in [5.41, 5.74) is 6.12. The fourth-order valence-corrected chi connectivity index (χ4v) is 2.56. The Hall–Kier alpha value is -1.76. The molecule has 0 saturated carbocycles. The maximum Gasteiger partial charge on any atom is 0.407 e. The number of halogens is 1. The molecule has 0 unspecified atom stereocenters. The summed E-state index contributed by atoms with van der Waals surface area (Å²) < 4.78 is 6.09. The van der Waals surface area contributed by atoms with Crippen molar-refractivity contribution >= 4 is 33.6 Å². The molecule has 1 heterocycles. The average Bonchev–Trinajstić information content (AvgIpc) is 2.30. The Balaban J connectivity index is 1.96. The van der Waals surface area contributed by atoms with Crippen LogP contribution in [0.25, 0.3) is 0 Å². The van der Waals surface area contributed by atoms with Gasteiger partial charge in [-0.2, -0.15) is 0 Å². The summed E-state index contributed by atoms with van der Waals surface area (Å²) in [4.78, 5) is 25.2. The summed E-state index contributed by atoms with van der Waals surface area (Å²) in [6.07, 6.45) is -0.429. The molecule has 1 aromatic rings. The Morgan fingerprint density at radius 3 is 2.55 bits per heavy atom. The molecule has 0 aromatic heterocycles. The normalized spacial score (nSPS) is 15.2. The summed E-state index contributed by atoms with van der Waals surface area (Å²) in [5, 5.41) is 2.81. The average molecular weight is 370 g/mol. The number of nitrogens with two attached hydrogens (primary N) is 1. The van der Waals surface area contributed by atoms with Crippen molar-refractivity contribution in [3.05, 3.63) is 28.2 Å². The van der Waals surface area contributed by atoms with E-state index in [0.29, 0.717) is 18.7 Å². The number of nitrogens with zero attached hydrogens (tertiary/aromatic N) is 1. The Kier molecular flexibility index (Phi) is 4.65. The molecule has 1 fully saturated rings. The maximum absolute atomic E-state index is 11.7. The molecular formula is C15H20BrN3O3. The predicted molar refractivity (Wildman–Crippen MR) is 88.0 cm³/mol. The number of ether oxygens (including phenoxy) is 1. The molecule has 2 rings (SSSR count). The van der Waals surface area contributed by atoms with Gasteiger partial charge in [-0.25, -0.2) is 4.79 Å². The van der Waals surface area contributed by atoms with Crippen molar-refractivity contribution in [3.63, 3.8) is 0 Å². The van der Waals surface area contributed by atoms with Crippen LogP contribution in [-0.2, 0) is 4.74 Å². The van der Waals surface area contributed by atoms with Crippen molar-refractivity contribution in [2.24, 2.45) is 5.73 Å². The maximum atomic E-state index is 11.7. The topological polar surface area (TPSA) is 84.7 Å². The number of carbonyl (C=O) groups is 2. The second kappa shape index (κ2) is 6.16. The highest BCUT2D eigenvalue weighted by Crippen LogP contribution is 2.28. The molecule has 0 atom stereocenters. The van der Waals surface area contributed by atoms with Gasteiger partial charge in [-0.15, -0.1) is 0 Å². The van der Waals surface area contributed by atoms with Crippen molar-refractivity contribution in [1.29, 1.82) is 0 Å². The van der Waals surface area contributed by atoms with Crippen LogP contribution in [0.3, 0.4) is 0 Å². The minimum absolute atomic E-state index is 0.00504. The van der Waals surface area contributed by atoms with E-state index in [1.807, 2.05) is 31.7 Å². The third kappa shape index (κ3) is 4.13. The van der Waals surface area contributed by atoms with Gasteiger partial charge in [-0.3, -0.25) is 4.79 Å². The van der Waals surface area contributed by atoms with Crippen LogP contribution in [0.2, 0.25) is 0 Å². The van der Waals surface area contributed by atoms with Crippen LogP contribution < -0.4 is 16.0 Å². The van der Waals surface area contributed by atoms with E-state index in [1.54, 1.807) is 12.1 Å². The zero-order valence-corrected chi connectivity index (χ0v) is 14.4. The van der Waals surface area contributed by atoms with E-state index >= 15 is 0 Å². The van der Waals surface area contributed by atoms with Gasteiger partial charge in [0.1, 0.15) is 5.60 Å². The Bertz CT molecular complexity index is 592. The Morgan fingerprint density at radius 2 is 2.00 bits per heavy atom. The van der Waals surface area contributed by atoms with E-state index in [2.05, 4.69) is 21.2 Å². The molecule has 22 heavy (non-hydrogen) atoms. The first-order valence-electron chi connectivity index (χ1n) is 6.99. The number of benzene rings is 1. The first-order chi connectivity index (χ1) is 10.2. The number of anilines is 1. The number of rotatable bonds is 3. The van der Waals surface area contributed by atoms with E-state index in [4.69, 9.17) is 10.5 Å². The molecule has 2 amide bonds. The first kappa shape index (κ1) is 16.6. The van der Waals surface area contributed by atoms with E-state index < -0.39 is 17.6 Å². The first-order valence-corrected chi connectivity index (χ1v) is 7.79. The summed E-state index contributed by atoms with van der Waals surface area (Å²) in [6, 6.07) is 5.31. The van der Waals surface area contributed by atoms with Crippen LogP contribution in [-0.4, -0.2) is 36.7 Å². The van der Waals surface area contributed by atoms with Gasteiger partial charge in [0, 0.05) is 17.6 Å². The number of carbonyl (C=O) groups excluding carboxylic acids is 2. The third-order valence-corrected chi connectivity index (χ3v) is 3.66. The number of alkyl carbamates (subject to hydrolysis) is 1. The summed E-state index contributed by atoms with van der Waals surface area (Å²) in [7, 11) is 0. The summed E-state index contributed by atoms with van der Waals surface area (Å²) >= 11 is 3.39. The third-order valence-electron chi connectivity index (χ3n) is 3.17. The van der Waals surface area contributed by atoms with Crippen LogP contribution in [0.4, 0.5) is 10.5 Å². The van der Waals surface area contributed by atoms with Gasteiger partial charge in [0.15, 0.2) is 0 Å². The number of nitrogens with one attached hydrogen (secondary N) is 1. The summed E-state index contributed by atoms with van der Waals surface area (Å²) in [5.74, 6) is -0.467. The van der Waals surface area contributed by atoms with Gasteiger partial charge < -0.3 is 20.7 Å². The van der Waals surface area contributed by atoms with E-state index in [1.165, 1.54) is 0 Å². The quantitative estimate of drug-likeness (QED) is 0.855. The van der Waals surface area contributed by atoms with Gasteiger partial charge in [0.05, 0.1) is 17.3 Å². The monoisotopic (exact) mass is 369 g/mol. The molecule has 3 N–H and O–H groups in total. The highest BCUT2D eigenvalue weighted by Gasteiger charge is 2.31. The smallest absolute Gasteiger partial charge is 0.407 e. The van der Waals surface area contributed by atoms with Crippen molar-refractivity contribution in [1.82, 2.24) is 5.32 Å². The molecule has 7 heteroatoms. The molecule has 1 aliphatic heterocycles. The molecule has 1 aromatic carbocycles. The highest BCUT2D eigenvalue weighted by atomic mass is 79.9. The van der Waals surface area contributed by atoms with Crippen molar-refractivity contribution in [2.45, 2.75) is 32.4 Å². The molecule has 1 saturated heterocycles. The Morgan fingerprint density at radius 1 is 1.36 bits per heavy atom. The number of primary amides is 1. The van der Waals surface area contributed by atoms with Crippen molar-refractivity contribution in [3.8, 4) is 0 Å². The lowest BCUT2D eigenvalue weighted by atomic mass is 10.0. The van der Waals surface area contributed by atoms with Crippen LogP contribution in [0.15, 0.2) is 22.7 Å². The molecule has 6 nitrogen and oxygen atoms in total. The lowest BCUT2D eigenvalue weighted by molar-refractivity contribution is 0.0495. The van der Waals surface area contributed by atoms with Gasteiger partial charge in [-0.05, 0) is 39.0 Å². The molecule has 120 valence electrons. The van der Waals surface area contributed by atoms with E-state index in [-0.39, 0.29) is 6.04 Å². The van der Waals surface area contributed by atoms with Crippen molar-refractivity contribution < 1.29 is 14.3 Å². The van der Waals surface area contributed by atoms with Gasteiger partial charge in [0.2, 0.25) is 0 Å². The minimum Gasteiger partial charge on any atom is -0.444 e. The van der Waals surface area contributed by atoms with Gasteiger partial charge in [-0.1, -0.05) is 15.9 Å². The second-order valence-corrected chi connectivity index (χ2v) is 7.19. The minimum atomic E-state index is -0.517. The zero-order valence-electron chi connectivity index (χ0n) is 12.9. The second-order valence-electron chi connectivity index (χ2n) is 6.27. The fourth-order valence-electron chi connectivity index (χ4n) is 2.22. The zero-order chi connectivity index (χ0) is 16.5. The van der Waals surface area contributed by atoms with Crippen molar-refractivity contribution in [2.75, 3.05) is 18.0 Å². The largest absolute Gasteiger partial charge is 0.444 e. The van der Waals surface area contributed by atoms with Gasteiger partial charge in [0.25, 0.3) is 5.91 Å². The molecule has 0 aliphatic carbocycles. The molecule has 1 aliphatic rings. The number of amides is 2. The van der Waals surface area contributed by atoms with Gasteiger partial charge >= 0.3 is 6.09 Å².